The lowest BCUT2D eigenvalue weighted by molar-refractivity contribution is -0.0440. The van der Waals surface area contributed by atoms with E-state index in [0.717, 1.165) is 0 Å². The van der Waals surface area contributed by atoms with Crippen LogP contribution in [-0.4, -0.2) is 37.7 Å². The average molecular weight is 206 g/mol. The van der Waals surface area contributed by atoms with Gasteiger partial charge in [-0.15, -0.1) is 0 Å². The molecular weight excluding hydrogens is 184 g/mol. The Morgan fingerprint density at radius 2 is 1.67 bits per heavy atom. The molecule has 0 aromatic carbocycles. The Balaban J connectivity index is 3.41. The molecule has 74 valence electrons. The first-order valence-electron chi connectivity index (χ1n) is 4.55. The minimum Gasteiger partial charge on any atom is -0.360 e. The summed E-state index contributed by atoms with van der Waals surface area (Å²) in [7, 11) is 2.47. The van der Waals surface area contributed by atoms with Crippen molar-refractivity contribution in [3.05, 3.63) is 0 Å². The van der Waals surface area contributed by atoms with E-state index in [1.807, 2.05) is 0 Å². The van der Waals surface area contributed by atoms with Gasteiger partial charge < -0.3 is 9.47 Å². The molecule has 0 bridgehead atoms. The average Bonchev–Trinajstić information content (AvgIpc) is 1.96. The zero-order chi connectivity index (χ0) is 9.61. The Kier molecular flexibility index (Phi) is 6.08. The van der Waals surface area contributed by atoms with Gasteiger partial charge >= 0.3 is 0 Å². The lowest BCUT2D eigenvalue weighted by Gasteiger charge is -2.17. The zero-order valence-corrected chi connectivity index (χ0v) is 11.4. The quantitative estimate of drug-likeness (QED) is 0.484. The van der Waals surface area contributed by atoms with Crippen LogP contribution in [0.3, 0.4) is 0 Å². The van der Waals surface area contributed by atoms with Crippen molar-refractivity contribution in [2.75, 3.05) is 14.2 Å². The van der Waals surface area contributed by atoms with Gasteiger partial charge in [0.2, 0.25) is 0 Å². The van der Waals surface area contributed by atoms with E-state index in [4.69, 9.17) is 9.47 Å². The first kappa shape index (κ1) is 12.4. The third-order valence-corrected chi connectivity index (χ3v) is 6.35. The van der Waals surface area contributed by atoms with Crippen LogP contribution in [0.25, 0.3) is 0 Å². The fourth-order valence-electron chi connectivity index (χ4n) is 1.13. The van der Waals surface area contributed by atoms with Crippen molar-refractivity contribution in [2.24, 2.45) is 0 Å². The molecule has 0 aromatic heterocycles. The van der Waals surface area contributed by atoms with Gasteiger partial charge in [-0.25, -0.2) is 0 Å². The van der Waals surface area contributed by atoms with Crippen molar-refractivity contribution < 1.29 is 9.47 Å². The molecule has 0 saturated carbocycles. The van der Waals surface area contributed by atoms with Crippen LogP contribution in [0.4, 0.5) is 0 Å². The summed E-state index contributed by atoms with van der Waals surface area (Å²) >= 11 is 0. The largest absolute Gasteiger partial charge is 0.360 e. The molecule has 0 aliphatic heterocycles. The molecule has 2 nitrogen and oxygen atoms in total. The standard InChI is InChI=1S/C8H22O2Si2/c1-9-8(10-2)11-6-7-12(3,4)5/h8H,6-7,11H2,1-5H3. The Morgan fingerprint density at radius 3 is 2.00 bits per heavy atom. The SMILES string of the molecule is COC(OC)[SiH2]CC[Si](C)(C)C. The number of hydrogen-bond acceptors (Lipinski definition) is 2. The summed E-state index contributed by atoms with van der Waals surface area (Å²) in [5.74, 6) is 0.140. The molecular formula is C8H22O2Si2. The second-order valence-corrected chi connectivity index (χ2v) is 11.9. The molecule has 0 heterocycles. The lowest BCUT2D eigenvalue weighted by atomic mass is 10.9. The van der Waals surface area contributed by atoms with E-state index in [1.54, 1.807) is 14.2 Å². The van der Waals surface area contributed by atoms with Gasteiger partial charge in [-0.05, 0) is 0 Å². The summed E-state index contributed by atoms with van der Waals surface area (Å²) < 4.78 is 10.3. The molecule has 0 aliphatic rings. The van der Waals surface area contributed by atoms with Gasteiger partial charge in [0.05, 0.1) is 9.52 Å². The van der Waals surface area contributed by atoms with E-state index < -0.39 is 8.07 Å². The van der Waals surface area contributed by atoms with Crippen molar-refractivity contribution >= 4 is 17.6 Å². The molecule has 0 saturated heterocycles. The van der Waals surface area contributed by atoms with Crippen molar-refractivity contribution in [2.45, 2.75) is 37.6 Å². The van der Waals surface area contributed by atoms with Gasteiger partial charge in [0, 0.05) is 22.3 Å². The number of rotatable bonds is 6. The highest BCUT2D eigenvalue weighted by Gasteiger charge is 2.14. The van der Waals surface area contributed by atoms with Gasteiger partial charge in [0.1, 0.15) is 5.91 Å². The normalized spacial score (nSPS) is 13.5. The van der Waals surface area contributed by atoms with Crippen molar-refractivity contribution in [3.8, 4) is 0 Å². The summed E-state index contributed by atoms with van der Waals surface area (Å²) in [6, 6.07) is 2.78. The smallest absolute Gasteiger partial charge is 0.134 e. The highest BCUT2D eigenvalue weighted by molar-refractivity contribution is 6.76. The van der Waals surface area contributed by atoms with Crippen LogP contribution in [0.15, 0.2) is 0 Å². The molecule has 0 unspecified atom stereocenters. The second-order valence-electron chi connectivity index (χ2n) is 4.35. The summed E-state index contributed by atoms with van der Waals surface area (Å²) in [5, 5.41) is 0. The fraction of sp³-hybridized carbons (Fsp3) is 1.00. The zero-order valence-electron chi connectivity index (χ0n) is 9.02. The van der Waals surface area contributed by atoms with Gasteiger partial charge in [0.15, 0.2) is 0 Å². The van der Waals surface area contributed by atoms with Crippen molar-refractivity contribution in [1.29, 1.82) is 0 Å². The monoisotopic (exact) mass is 206 g/mol. The molecule has 12 heavy (non-hydrogen) atoms. The van der Waals surface area contributed by atoms with Crippen LogP contribution in [0.2, 0.25) is 31.7 Å². The summed E-state index contributed by atoms with van der Waals surface area (Å²) in [6.45, 7) is 7.24. The van der Waals surface area contributed by atoms with E-state index in [1.165, 1.54) is 12.1 Å². The number of hydrogen-bond donors (Lipinski definition) is 0. The van der Waals surface area contributed by atoms with E-state index >= 15 is 0 Å². The fourth-order valence-corrected chi connectivity index (χ4v) is 6.99. The Hall–Kier alpha value is 0.354. The van der Waals surface area contributed by atoms with Crippen LogP contribution >= 0.6 is 0 Å². The molecule has 0 aliphatic carbocycles. The summed E-state index contributed by atoms with van der Waals surface area (Å²) in [6.07, 6.45) is 0. The molecule has 0 atom stereocenters. The third kappa shape index (κ3) is 7.03. The minimum absolute atomic E-state index is 0.140. The molecule has 0 rings (SSSR count). The predicted molar refractivity (Wildman–Crippen MR) is 59.3 cm³/mol. The Morgan fingerprint density at radius 1 is 1.17 bits per heavy atom. The maximum atomic E-state index is 5.17. The van der Waals surface area contributed by atoms with Gasteiger partial charge in [-0.3, -0.25) is 0 Å². The molecule has 0 fully saturated rings. The number of ether oxygens (including phenoxy) is 2. The highest BCUT2D eigenvalue weighted by atomic mass is 28.3. The second kappa shape index (κ2) is 5.91. The molecule has 4 heteroatoms. The van der Waals surface area contributed by atoms with Crippen LogP contribution < -0.4 is 0 Å². The maximum absolute atomic E-state index is 5.17. The summed E-state index contributed by atoms with van der Waals surface area (Å²) in [4.78, 5) is 0. The first-order valence-corrected chi connectivity index (χ1v) is 10.1. The predicted octanol–water partition coefficient (Wildman–Crippen LogP) is 1.49. The molecule has 0 aromatic rings. The topological polar surface area (TPSA) is 18.5 Å². The summed E-state index contributed by atoms with van der Waals surface area (Å²) in [5.41, 5.74) is 0. The number of methoxy groups -OCH3 is 2. The van der Waals surface area contributed by atoms with Crippen LogP contribution in [0, 0.1) is 0 Å². The van der Waals surface area contributed by atoms with E-state index in [2.05, 4.69) is 19.6 Å². The van der Waals surface area contributed by atoms with Crippen molar-refractivity contribution in [1.82, 2.24) is 0 Å². The van der Waals surface area contributed by atoms with Gasteiger partial charge in [0.25, 0.3) is 0 Å². The minimum atomic E-state index is -0.826. The molecule has 0 N–H and O–H groups in total. The van der Waals surface area contributed by atoms with Crippen molar-refractivity contribution in [3.63, 3.8) is 0 Å². The molecule has 0 amide bonds. The Bertz CT molecular complexity index is 108. The van der Waals surface area contributed by atoms with Crippen LogP contribution in [0.1, 0.15) is 0 Å². The van der Waals surface area contributed by atoms with Gasteiger partial charge in [-0.1, -0.05) is 31.7 Å². The molecule has 0 radical (unpaired) electrons. The van der Waals surface area contributed by atoms with E-state index in [9.17, 15) is 0 Å². The van der Waals surface area contributed by atoms with E-state index in [0.29, 0.717) is 0 Å². The maximum Gasteiger partial charge on any atom is 0.134 e. The highest BCUT2D eigenvalue weighted by Crippen LogP contribution is 2.11. The van der Waals surface area contributed by atoms with Gasteiger partial charge in [-0.2, -0.15) is 0 Å². The molecule has 0 spiro atoms. The Labute approximate surface area is 79.5 Å². The third-order valence-electron chi connectivity index (χ3n) is 1.89. The van der Waals surface area contributed by atoms with Crippen LogP contribution in [-0.2, 0) is 9.47 Å². The van der Waals surface area contributed by atoms with E-state index in [-0.39, 0.29) is 15.4 Å². The first-order chi connectivity index (χ1) is 5.49. The van der Waals surface area contributed by atoms with Crippen LogP contribution in [0.5, 0.6) is 0 Å². The lowest BCUT2D eigenvalue weighted by Crippen LogP contribution is -2.25.